The van der Waals surface area contributed by atoms with Crippen LogP contribution in [0.25, 0.3) is 0 Å². The summed E-state index contributed by atoms with van der Waals surface area (Å²) in [7, 11) is 0. The molecule has 82 valence electrons. The van der Waals surface area contributed by atoms with Crippen molar-refractivity contribution in [2.75, 3.05) is 0 Å². The fraction of sp³-hybridized carbons (Fsp3) is 0.154. The van der Waals surface area contributed by atoms with E-state index in [0.29, 0.717) is 12.2 Å². The maximum Gasteiger partial charge on any atom is 0.290 e. The first-order valence-corrected chi connectivity index (χ1v) is 5.14. The molecular weight excluding hydrogens is 204 g/mol. The van der Waals surface area contributed by atoms with E-state index < -0.39 is 0 Å². The molecule has 0 aliphatic rings. The van der Waals surface area contributed by atoms with Crippen molar-refractivity contribution >= 4 is 6.29 Å². The number of aldehydes is 1. The van der Waals surface area contributed by atoms with Crippen molar-refractivity contribution in [3.63, 3.8) is 0 Å². The van der Waals surface area contributed by atoms with Crippen LogP contribution in [0.5, 0.6) is 11.7 Å². The van der Waals surface area contributed by atoms with Gasteiger partial charge in [-0.25, -0.2) is 0 Å². The zero-order valence-electron chi connectivity index (χ0n) is 8.97. The third kappa shape index (κ3) is 2.14. The Kier molecular flexibility index (Phi) is 3.05. The molecule has 0 saturated heterocycles. The Bertz CT molecular complexity index is 485. The number of benzene rings is 1. The lowest BCUT2D eigenvalue weighted by molar-refractivity contribution is 0.109. The highest BCUT2D eigenvalue weighted by atomic mass is 16.6. The lowest BCUT2D eigenvalue weighted by atomic mass is 10.1. The number of rotatable bonds is 4. The number of aryl methyl sites for hydroxylation is 1. The number of hydrogen-bond donors (Lipinski definition) is 0. The minimum Gasteiger partial charge on any atom is -0.426 e. The van der Waals surface area contributed by atoms with Crippen LogP contribution in [-0.4, -0.2) is 6.29 Å². The Morgan fingerprint density at radius 3 is 2.75 bits per heavy atom. The van der Waals surface area contributed by atoms with Crippen molar-refractivity contribution in [1.29, 1.82) is 0 Å². The standard InChI is InChI=1S/C13H12O3/c1-2-10-5-3-4-6-12(10)16-13-8-7-11(9-14)15-13/h3-9H,2H2,1H3. The Labute approximate surface area is 93.7 Å². The molecule has 0 fully saturated rings. The first-order valence-electron chi connectivity index (χ1n) is 5.14. The van der Waals surface area contributed by atoms with Gasteiger partial charge in [-0.1, -0.05) is 25.1 Å². The molecule has 0 unspecified atom stereocenters. The fourth-order valence-electron chi connectivity index (χ4n) is 1.46. The topological polar surface area (TPSA) is 39.4 Å². The van der Waals surface area contributed by atoms with E-state index in [1.807, 2.05) is 24.3 Å². The first-order chi connectivity index (χ1) is 7.83. The highest BCUT2D eigenvalue weighted by Gasteiger charge is 2.06. The van der Waals surface area contributed by atoms with E-state index in [1.54, 1.807) is 12.1 Å². The molecule has 0 saturated carbocycles. The largest absolute Gasteiger partial charge is 0.426 e. The van der Waals surface area contributed by atoms with Crippen LogP contribution in [0.1, 0.15) is 23.0 Å². The molecule has 2 aromatic rings. The lowest BCUT2D eigenvalue weighted by Gasteiger charge is -2.06. The Morgan fingerprint density at radius 1 is 1.25 bits per heavy atom. The van der Waals surface area contributed by atoms with Gasteiger partial charge in [-0.15, -0.1) is 0 Å². The van der Waals surface area contributed by atoms with Crippen LogP contribution < -0.4 is 4.74 Å². The zero-order valence-corrected chi connectivity index (χ0v) is 8.97. The quantitative estimate of drug-likeness (QED) is 0.735. The average molecular weight is 216 g/mol. The maximum atomic E-state index is 10.4. The molecule has 3 nitrogen and oxygen atoms in total. The van der Waals surface area contributed by atoms with Gasteiger partial charge in [0.2, 0.25) is 0 Å². The Hall–Kier alpha value is -2.03. The summed E-state index contributed by atoms with van der Waals surface area (Å²) in [6.45, 7) is 2.06. The Balaban J connectivity index is 2.22. The zero-order chi connectivity index (χ0) is 11.4. The molecule has 3 heteroatoms. The van der Waals surface area contributed by atoms with Crippen LogP contribution >= 0.6 is 0 Å². The van der Waals surface area contributed by atoms with Gasteiger partial charge >= 0.3 is 0 Å². The summed E-state index contributed by atoms with van der Waals surface area (Å²) in [4.78, 5) is 10.4. The summed E-state index contributed by atoms with van der Waals surface area (Å²) in [6, 6.07) is 11.0. The molecule has 0 N–H and O–H groups in total. The van der Waals surface area contributed by atoms with Crippen molar-refractivity contribution < 1.29 is 13.9 Å². The van der Waals surface area contributed by atoms with Gasteiger partial charge in [-0.2, -0.15) is 0 Å². The maximum absolute atomic E-state index is 10.4. The summed E-state index contributed by atoms with van der Waals surface area (Å²) < 4.78 is 10.7. The van der Waals surface area contributed by atoms with E-state index >= 15 is 0 Å². The average Bonchev–Trinajstić information content (AvgIpc) is 2.77. The lowest BCUT2D eigenvalue weighted by Crippen LogP contribution is -1.88. The summed E-state index contributed by atoms with van der Waals surface area (Å²) in [5.74, 6) is 1.36. The molecule has 2 rings (SSSR count). The van der Waals surface area contributed by atoms with Gasteiger partial charge in [0, 0.05) is 6.07 Å². The normalized spacial score (nSPS) is 10.1. The number of carbonyl (C=O) groups excluding carboxylic acids is 1. The third-order valence-electron chi connectivity index (χ3n) is 2.28. The van der Waals surface area contributed by atoms with Gasteiger partial charge in [0.25, 0.3) is 5.95 Å². The number of carbonyl (C=O) groups is 1. The molecule has 1 heterocycles. The van der Waals surface area contributed by atoms with Crippen LogP contribution in [0.3, 0.4) is 0 Å². The molecule has 0 amide bonds. The number of ether oxygens (including phenoxy) is 1. The minimum atomic E-state index is 0.268. The molecule has 0 aliphatic carbocycles. The van der Waals surface area contributed by atoms with Gasteiger partial charge < -0.3 is 9.15 Å². The van der Waals surface area contributed by atoms with Crippen molar-refractivity contribution in [2.45, 2.75) is 13.3 Å². The van der Waals surface area contributed by atoms with Gasteiger partial charge in [0.1, 0.15) is 5.75 Å². The Morgan fingerprint density at radius 2 is 2.06 bits per heavy atom. The molecule has 16 heavy (non-hydrogen) atoms. The summed E-state index contributed by atoms with van der Waals surface area (Å²) >= 11 is 0. The highest BCUT2D eigenvalue weighted by molar-refractivity contribution is 5.70. The van der Waals surface area contributed by atoms with Crippen LogP contribution in [0, 0.1) is 0 Å². The third-order valence-corrected chi connectivity index (χ3v) is 2.28. The molecule has 1 aromatic carbocycles. The number of furan rings is 1. The van der Waals surface area contributed by atoms with Crippen molar-refractivity contribution in [3.8, 4) is 11.7 Å². The highest BCUT2D eigenvalue weighted by Crippen LogP contribution is 2.26. The van der Waals surface area contributed by atoms with E-state index in [2.05, 4.69) is 6.92 Å². The van der Waals surface area contributed by atoms with E-state index in [-0.39, 0.29) is 5.76 Å². The SMILES string of the molecule is CCc1ccccc1Oc1ccc(C=O)o1. The molecule has 0 atom stereocenters. The molecule has 0 radical (unpaired) electrons. The summed E-state index contributed by atoms with van der Waals surface area (Å²) in [5, 5.41) is 0. The van der Waals surface area contributed by atoms with E-state index in [1.165, 1.54) is 0 Å². The van der Waals surface area contributed by atoms with E-state index in [0.717, 1.165) is 17.7 Å². The number of para-hydroxylation sites is 1. The van der Waals surface area contributed by atoms with Crippen LogP contribution in [-0.2, 0) is 6.42 Å². The van der Waals surface area contributed by atoms with Crippen LogP contribution in [0.2, 0.25) is 0 Å². The monoisotopic (exact) mass is 216 g/mol. The second-order valence-electron chi connectivity index (χ2n) is 3.34. The number of hydrogen-bond acceptors (Lipinski definition) is 3. The van der Waals surface area contributed by atoms with Crippen molar-refractivity contribution in [3.05, 3.63) is 47.7 Å². The second kappa shape index (κ2) is 4.66. The minimum absolute atomic E-state index is 0.268. The predicted octanol–water partition coefficient (Wildman–Crippen LogP) is 3.45. The molecule has 0 bridgehead atoms. The van der Waals surface area contributed by atoms with Crippen molar-refractivity contribution in [1.82, 2.24) is 0 Å². The van der Waals surface area contributed by atoms with Crippen LogP contribution in [0.15, 0.2) is 40.8 Å². The fourth-order valence-corrected chi connectivity index (χ4v) is 1.46. The van der Waals surface area contributed by atoms with Crippen LogP contribution in [0.4, 0.5) is 0 Å². The first kappa shape index (κ1) is 10.5. The molecule has 0 aliphatic heterocycles. The molecule has 0 spiro atoms. The molecular formula is C13H12O3. The molecule has 1 aromatic heterocycles. The van der Waals surface area contributed by atoms with Gasteiger partial charge in [-0.3, -0.25) is 4.79 Å². The predicted molar refractivity (Wildman–Crippen MR) is 60.0 cm³/mol. The summed E-state index contributed by atoms with van der Waals surface area (Å²) in [6.07, 6.45) is 1.54. The van der Waals surface area contributed by atoms with E-state index in [4.69, 9.17) is 9.15 Å². The van der Waals surface area contributed by atoms with Gasteiger partial charge in [0.05, 0.1) is 0 Å². The van der Waals surface area contributed by atoms with Gasteiger partial charge in [-0.05, 0) is 24.1 Å². The smallest absolute Gasteiger partial charge is 0.290 e. The van der Waals surface area contributed by atoms with Crippen molar-refractivity contribution in [2.24, 2.45) is 0 Å². The summed E-state index contributed by atoms with van der Waals surface area (Å²) in [5.41, 5.74) is 1.10. The van der Waals surface area contributed by atoms with E-state index in [9.17, 15) is 4.79 Å². The van der Waals surface area contributed by atoms with Gasteiger partial charge in [0.15, 0.2) is 12.0 Å². The second-order valence-corrected chi connectivity index (χ2v) is 3.34.